The molecule has 0 amide bonds. The molecule has 5 heteroatoms. The highest BCUT2D eigenvalue weighted by Crippen LogP contribution is 2.09. The van der Waals surface area contributed by atoms with E-state index in [0.29, 0.717) is 11.6 Å². The van der Waals surface area contributed by atoms with E-state index in [2.05, 4.69) is 26.9 Å². The number of hydrogen-bond acceptors (Lipinski definition) is 4. The van der Waals surface area contributed by atoms with Crippen LogP contribution in [-0.2, 0) is 0 Å². The number of nitrogens with one attached hydrogen (secondary N) is 1. The standard InChI is InChI=1S/C8H11N5/c1-3-13(2)8-9-4-6-7(12-8)11-5-10-6/h4-5H,3H2,1-2H3,(H,9,10,11,12). The van der Waals surface area contributed by atoms with Gasteiger partial charge >= 0.3 is 0 Å². The van der Waals surface area contributed by atoms with E-state index in [0.717, 1.165) is 12.1 Å². The Bertz CT molecular complexity index is 408. The smallest absolute Gasteiger partial charge is 0.227 e. The SMILES string of the molecule is CCN(C)c1ncc2[nH]cnc2n1. The Morgan fingerprint density at radius 2 is 2.31 bits per heavy atom. The lowest BCUT2D eigenvalue weighted by molar-refractivity contribution is 0.908. The third kappa shape index (κ3) is 1.32. The van der Waals surface area contributed by atoms with E-state index in [1.54, 1.807) is 12.5 Å². The van der Waals surface area contributed by atoms with Crippen molar-refractivity contribution < 1.29 is 0 Å². The molecule has 0 aliphatic carbocycles. The van der Waals surface area contributed by atoms with Crippen LogP contribution in [0.1, 0.15) is 6.92 Å². The zero-order chi connectivity index (χ0) is 9.26. The first-order chi connectivity index (χ1) is 6.31. The van der Waals surface area contributed by atoms with E-state index in [9.17, 15) is 0 Å². The highest BCUT2D eigenvalue weighted by molar-refractivity contribution is 5.69. The van der Waals surface area contributed by atoms with Crippen LogP contribution in [0.4, 0.5) is 5.95 Å². The predicted octanol–water partition coefficient (Wildman–Crippen LogP) is 0.809. The van der Waals surface area contributed by atoms with E-state index >= 15 is 0 Å². The second-order valence-electron chi connectivity index (χ2n) is 2.82. The average molecular weight is 177 g/mol. The highest BCUT2D eigenvalue weighted by atomic mass is 15.2. The van der Waals surface area contributed by atoms with Gasteiger partial charge in [0.05, 0.1) is 12.5 Å². The third-order valence-electron chi connectivity index (χ3n) is 1.98. The van der Waals surface area contributed by atoms with Crippen LogP contribution in [-0.4, -0.2) is 33.5 Å². The largest absolute Gasteiger partial charge is 0.344 e. The number of nitrogens with zero attached hydrogens (tertiary/aromatic N) is 4. The fourth-order valence-electron chi connectivity index (χ4n) is 1.05. The Balaban J connectivity index is 2.48. The van der Waals surface area contributed by atoms with Crippen molar-refractivity contribution in [1.29, 1.82) is 0 Å². The highest BCUT2D eigenvalue weighted by Gasteiger charge is 2.04. The lowest BCUT2D eigenvalue weighted by Crippen LogP contribution is -2.18. The zero-order valence-corrected chi connectivity index (χ0v) is 7.65. The number of imidazole rings is 1. The monoisotopic (exact) mass is 177 g/mol. The van der Waals surface area contributed by atoms with E-state index < -0.39 is 0 Å². The van der Waals surface area contributed by atoms with Gasteiger partial charge in [-0.2, -0.15) is 4.98 Å². The molecule has 0 fully saturated rings. The molecule has 0 aliphatic rings. The number of H-pyrrole nitrogens is 1. The summed E-state index contributed by atoms with van der Waals surface area (Å²) in [4.78, 5) is 17.5. The third-order valence-corrected chi connectivity index (χ3v) is 1.98. The van der Waals surface area contributed by atoms with E-state index in [-0.39, 0.29) is 0 Å². The van der Waals surface area contributed by atoms with Gasteiger partial charge in [-0.3, -0.25) is 0 Å². The molecule has 5 nitrogen and oxygen atoms in total. The van der Waals surface area contributed by atoms with Gasteiger partial charge in [-0.05, 0) is 6.92 Å². The summed E-state index contributed by atoms with van der Waals surface area (Å²) in [6.45, 7) is 2.94. The summed E-state index contributed by atoms with van der Waals surface area (Å²) < 4.78 is 0. The van der Waals surface area contributed by atoms with Crippen LogP contribution in [0.3, 0.4) is 0 Å². The minimum Gasteiger partial charge on any atom is -0.344 e. The molecule has 1 N–H and O–H groups in total. The van der Waals surface area contributed by atoms with Crippen molar-refractivity contribution in [2.75, 3.05) is 18.5 Å². The van der Waals surface area contributed by atoms with Crippen LogP contribution in [0.25, 0.3) is 11.2 Å². The van der Waals surface area contributed by atoms with Crippen molar-refractivity contribution in [3.8, 4) is 0 Å². The summed E-state index contributed by atoms with van der Waals surface area (Å²) in [5.74, 6) is 0.710. The summed E-state index contributed by atoms with van der Waals surface area (Å²) in [5.41, 5.74) is 1.58. The summed E-state index contributed by atoms with van der Waals surface area (Å²) in [5, 5.41) is 0. The number of aromatic nitrogens is 4. The van der Waals surface area contributed by atoms with Gasteiger partial charge in [0.25, 0.3) is 0 Å². The van der Waals surface area contributed by atoms with Gasteiger partial charge in [-0.25, -0.2) is 9.97 Å². The fraction of sp³-hybridized carbons (Fsp3) is 0.375. The summed E-state index contributed by atoms with van der Waals surface area (Å²) in [7, 11) is 1.95. The molecule has 2 aromatic rings. The van der Waals surface area contributed by atoms with Gasteiger partial charge in [0, 0.05) is 13.6 Å². The van der Waals surface area contributed by atoms with Gasteiger partial charge in [0.1, 0.15) is 5.52 Å². The van der Waals surface area contributed by atoms with E-state index in [1.165, 1.54) is 0 Å². The molecule has 0 saturated carbocycles. The fourth-order valence-corrected chi connectivity index (χ4v) is 1.05. The lowest BCUT2D eigenvalue weighted by Gasteiger charge is -2.12. The van der Waals surface area contributed by atoms with Gasteiger partial charge in [0.2, 0.25) is 5.95 Å². The Morgan fingerprint density at radius 3 is 3.08 bits per heavy atom. The molecule has 0 aliphatic heterocycles. The topological polar surface area (TPSA) is 57.7 Å². The number of aromatic amines is 1. The first-order valence-electron chi connectivity index (χ1n) is 4.18. The molecule has 0 spiro atoms. The van der Waals surface area contributed by atoms with Crippen LogP contribution < -0.4 is 4.90 Å². The van der Waals surface area contributed by atoms with Crippen molar-refractivity contribution >= 4 is 17.1 Å². The average Bonchev–Trinajstić information content (AvgIpc) is 2.63. The molecule has 68 valence electrons. The number of hydrogen-bond donors (Lipinski definition) is 1. The molecule has 0 atom stereocenters. The van der Waals surface area contributed by atoms with Gasteiger partial charge < -0.3 is 9.88 Å². The molecule has 13 heavy (non-hydrogen) atoms. The zero-order valence-electron chi connectivity index (χ0n) is 7.65. The van der Waals surface area contributed by atoms with Crippen molar-refractivity contribution in [2.24, 2.45) is 0 Å². The first-order valence-corrected chi connectivity index (χ1v) is 4.18. The van der Waals surface area contributed by atoms with Crippen LogP contribution in [0, 0.1) is 0 Å². The normalized spacial score (nSPS) is 10.6. The van der Waals surface area contributed by atoms with E-state index in [4.69, 9.17) is 0 Å². The molecule has 0 saturated heterocycles. The summed E-state index contributed by atoms with van der Waals surface area (Å²) >= 11 is 0. The Kier molecular flexibility index (Phi) is 1.84. The second kappa shape index (κ2) is 3.01. The summed E-state index contributed by atoms with van der Waals surface area (Å²) in [6, 6.07) is 0. The van der Waals surface area contributed by atoms with E-state index in [1.807, 2.05) is 11.9 Å². The van der Waals surface area contributed by atoms with Gasteiger partial charge in [0.15, 0.2) is 5.65 Å². The molecule has 0 unspecified atom stereocenters. The molecule has 0 bridgehead atoms. The maximum Gasteiger partial charge on any atom is 0.227 e. The molecular weight excluding hydrogens is 166 g/mol. The summed E-state index contributed by atoms with van der Waals surface area (Å²) in [6.07, 6.45) is 3.37. The minimum absolute atomic E-state index is 0.710. The lowest BCUT2D eigenvalue weighted by atomic mass is 10.5. The molecular formula is C8H11N5. The maximum absolute atomic E-state index is 4.28. The second-order valence-corrected chi connectivity index (χ2v) is 2.82. The Morgan fingerprint density at radius 1 is 1.46 bits per heavy atom. The Labute approximate surface area is 75.8 Å². The minimum atomic E-state index is 0.710. The molecule has 2 heterocycles. The predicted molar refractivity (Wildman–Crippen MR) is 50.6 cm³/mol. The Hall–Kier alpha value is -1.65. The number of rotatable bonds is 2. The van der Waals surface area contributed by atoms with Crippen LogP contribution in [0.5, 0.6) is 0 Å². The van der Waals surface area contributed by atoms with Crippen molar-refractivity contribution in [3.63, 3.8) is 0 Å². The maximum atomic E-state index is 4.28. The number of fused-ring (bicyclic) bond motifs is 1. The van der Waals surface area contributed by atoms with Crippen LogP contribution in [0.2, 0.25) is 0 Å². The van der Waals surface area contributed by atoms with Crippen molar-refractivity contribution in [2.45, 2.75) is 6.92 Å². The number of anilines is 1. The molecule has 2 aromatic heterocycles. The van der Waals surface area contributed by atoms with Gasteiger partial charge in [-0.1, -0.05) is 0 Å². The first kappa shape index (κ1) is 7.97. The van der Waals surface area contributed by atoms with Crippen LogP contribution >= 0.6 is 0 Å². The molecule has 0 radical (unpaired) electrons. The molecule has 2 rings (SSSR count). The quantitative estimate of drug-likeness (QED) is 0.737. The molecule has 0 aromatic carbocycles. The van der Waals surface area contributed by atoms with Gasteiger partial charge in [-0.15, -0.1) is 0 Å². The van der Waals surface area contributed by atoms with Crippen LogP contribution in [0.15, 0.2) is 12.5 Å². The van der Waals surface area contributed by atoms with Crippen molar-refractivity contribution in [3.05, 3.63) is 12.5 Å². The van der Waals surface area contributed by atoms with Crippen molar-refractivity contribution in [1.82, 2.24) is 19.9 Å².